The van der Waals surface area contributed by atoms with Gasteiger partial charge >= 0.3 is 0 Å². The molecule has 1 heterocycles. The Morgan fingerprint density at radius 3 is 3.33 bits per heavy atom. The molecule has 0 saturated heterocycles. The van der Waals surface area contributed by atoms with Crippen LogP contribution in [0, 0.1) is 5.92 Å². The van der Waals surface area contributed by atoms with E-state index in [-0.39, 0.29) is 0 Å². The SMILES string of the molecule is CC1CC/C=C\OOC1. The minimum atomic E-state index is 0.620. The maximum atomic E-state index is 4.80. The largest absolute Gasteiger partial charge is 0.346 e. The third kappa shape index (κ3) is 2.51. The molecule has 1 aliphatic heterocycles. The first kappa shape index (κ1) is 6.62. The first-order valence-electron chi connectivity index (χ1n) is 3.33. The van der Waals surface area contributed by atoms with Gasteiger partial charge in [-0.1, -0.05) is 6.92 Å². The molecule has 0 aliphatic carbocycles. The highest BCUT2D eigenvalue weighted by Gasteiger charge is 2.02. The van der Waals surface area contributed by atoms with Crippen LogP contribution < -0.4 is 0 Å². The molecule has 1 unspecified atom stereocenters. The fraction of sp³-hybridized carbons (Fsp3) is 0.714. The Morgan fingerprint density at radius 2 is 2.44 bits per heavy atom. The van der Waals surface area contributed by atoms with Crippen molar-refractivity contribution in [1.82, 2.24) is 0 Å². The minimum Gasteiger partial charge on any atom is -0.346 e. The predicted molar refractivity (Wildman–Crippen MR) is 34.6 cm³/mol. The Labute approximate surface area is 55.4 Å². The average molecular weight is 128 g/mol. The van der Waals surface area contributed by atoms with Crippen molar-refractivity contribution in [3.8, 4) is 0 Å². The van der Waals surface area contributed by atoms with Crippen molar-refractivity contribution in [2.45, 2.75) is 19.8 Å². The van der Waals surface area contributed by atoms with Crippen molar-refractivity contribution in [3.63, 3.8) is 0 Å². The van der Waals surface area contributed by atoms with Crippen LogP contribution in [0.4, 0.5) is 0 Å². The summed E-state index contributed by atoms with van der Waals surface area (Å²) >= 11 is 0. The van der Waals surface area contributed by atoms with Gasteiger partial charge in [0.1, 0.15) is 6.26 Å². The molecule has 1 atom stereocenters. The molecule has 0 amide bonds. The third-order valence-corrected chi connectivity index (χ3v) is 1.40. The Kier molecular flexibility index (Phi) is 2.58. The van der Waals surface area contributed by atoms with Crippen LogP contribution in [0.25, 0.3) is 0 Å². The lowest BCUT2D eigenvalue weighted by Crippen LogP contribution is -2.06. The van der Waals surface area contributed by atoms with E-state index in [1.807, 2.05) is 6.08 Å². The number of hydrogen-bond donors (Lipinski definition) is 0. The van der Waals surface area contributed by atoms with Gasteiger partial charge in [0, 0.05) is 0 Å². The molecular weight excluding hydrogens is 116 g/mol. The van der Waals surface area contributed by atoms with Crippen LogP contribution in [0.5, 0.6) is 0 Å². The van der Waals surface area contributed by atoms with Gasteiger partial charge in [0.2, 0.25) is 0 Å². The van der Waals surface area contributed by atoms with Crippen LogP contribution in [0.3, 0.4) is 0 Å². The number of rotatable bonds is 0. The molecule has 1 aliphatic rings. The molecule has 0 saturated carbocycles. The Bertz CT molecular complexity index is 99.1. The molecule has 0 aromatic rings. The normalized spacial score (nSPS) is 31.9. The molecule has 0 aromatic carbocycles. The lowest BCUT2D eigenvalue weighted by molar-refractivity contribution is -0.257. The van der Waals surface area contributed by atoms with E-state index < -0.39 is 0 Å². The summed E-state index contributed by atoms with van der Waals surface area (Å²) in [5, 5.41) is 0. The van der Waals surface area contributed by atoms with Crippen LogP contribution in [0.1, 0.15) is 19.8 Å². The fourth-order valence-corrected chi connectivity index (χ4v) is 0.766. The van der Waals surface area contributed by atoms with Gasteiger partial charge in [-0.2, -0.15) is 4.89 Å². The summed E-state index contributed by atoms with van der Waals surface area (Å²) in [4.78, 5) is 9.46. The van der Waals surface area contributed by atoms with E-state index in [1.54, 1.807) is 6.26 Å². The molecule has 0 fully saturated rings. The van der Waals surface area contributed by atoms with Crippen molar-refractivity contribution in [2.75, 3.05) is 6.61 Å². The van der Waals surface area contributed by atoms with E-state index >= 15 is 0 Å². The molecule has 0 N–H and O–H groups in total. The maximum absolute atomic E-state index is 4.80. The van der Waals surface area contributed by atoms with E-state index in [9.17, 15) is 0 Å². The van der Waals surface area contributed by atoms with E-state index in [2.05, 4.69) is 11.8 Å². The van der Waals surface area contributed by atoms with Crippen molar-refractivity contribution < 1.29 is 9.78 Å². The zero-order valence-electron chi connectivity index (χ0n) is 5.67. The monoisotopic (exact) mass is 128 g/mol. The molecule has 0 spiro atoms. The minimum absolute atomic E-state index is 0.620. The summed E-state index contributed by atoms with van der Waals surface area (Å²) < 4.78 is 0. The molecule has 2 nitrogen and oxygen atoms in total. The molecule has 0 radical (unpaired) electrons. The summed E-state index contributed by atoms with van der Waals surface area (Å²) in [7, 11) is 0. The first-order chi connectivity index (χ1) is 4.39. The first-order valence-corrected chi connectivity index (χ1v) is 3.33. The molecule has 2 heteroatoms. The average Bonchev–Trinajstić information content (AvgIpc) is 1.79. The van der Waals surface area contributed by atoms with Crippen molar-refractivity contribution in [2.24, 2.45) is 5.92 Å². The zero-order valence-corrected chi connectivity index (χ0v) is 5.67. The van der Waals surface area contributed by atoms with Gasteiger partial charge in [0.15, 0.2) is 0 Å². The van der Waals surface area contributed by atoms with Gasteiger partial charge < -0.3 is 4.89 Å². The van der Waals surface area contributed by atoms with Crippen LogP contribution in [-0.4, -0.2) is 6.61 Å². The zero-order chi connectivity index (χ0) is 6.53. The summed E-state index contributed by atoms with van der Waals surface area (Å²) in [6, 6.07) is 0. The quantitative estimate of drug-likeness (QED) is 0.464. The summed E-state index contributed by atoms with van der Waals surface area (Å²) in [5.74, 6) is 0.620. The lowest BCUT2D eigenvalue weighted by Gasteiger charge is -2.10. The van der Waals surface area contributed by atoms with Gasteiger partial charge in [-0.15, -0.1) is 0 Å². The molecular formula is C7H12O2. The fourth-order valence-electron chi connectivity index (χ4n) is 0.766. The summed E-state index contributed by atoms with van der Waals surface area (Å²) in [5.41, 5.74) is 0. The van der Waals surface area contributed by atoms with Crippen LogP contribution in [0.15, 0.2) is 12.3 Å². The van der Waals surface area contributed by atoms with Crippen molar-refractivity contribution >= 4 is 0 Å². The molecule has 52 valence electrons. The van der Waals surface area contributed by atoms with Gasteiger partial charge in [0.25, 0.3) is 0 Å². The standard InChI is InChI=1S/C7H12O2/c1-7-4-2-3-5-8-9-6-7/h3,5,7H,2,4,6H2,1H3/b5-3-. The highest BCUT2D eigenvalue weighted by Crippen LogP contribution is 2.09. The third-order valence-electron chi connectivity index (χ3n) is 1.40. The number of allylic oxidation sites excluding steroid dienone is 1. The Morgan fingerprint density at radius 1 is 1.56 bits per heavy atom. The Hall–Kier alpha value is -0.500. The van der Waals surface area contributed by atoms with Crippen LogP contribution >= 0.6 is 0 Å². The topological polar surface area (TPSA) is 18.5 Å². The second kappa shape index (κ2) is 3.51. The summed E-state index contributed by atoms with van der Waals surface area (Å²) in [6.07, 6.45) is 5.88. The lowest BCUT2D eigenvalue weighted by atomic mass is 10.1. The van der Waals surface area contributed by atoms with Crippen molar-refractivity contribution in [3.05, 3.63) is 12.3 Å². The maximum Gasteiger partial charge on any atom is 0.125 e. The van der Waals surface area contributed by atoms with E-state index in [1.165, 1.54) is 6.42 Å². The van der Waals surface area contributed by atoms with Crippen LogP contribution in [-0.2, 0) is 9.78 Å². The molecule has 0 bridgehead atoms. The molecule has 0 aromatic heterocycles. The van der Waals surface area contributed by atoms with Gasteiger partial charge in [-0.05, 0) is 24.8 Å². The highest BCUT2D eigenvalue weighted by molar-refractivity contribution is 4.74. The van der Waals surface area contributed by atoms with Gasteiger partial charge in [-0.25, -0.2) is 0 Å². The number of hydrogen-bond acceptors (Lipinski definition) is 2. The van der Waals surface area contributed by atoms with Crippen LogP contribution in [0.2, 0.25) is 0 Å². The molecule has 9 heavy (non-hydrogen) atoms. The van der Waals surface area contributed by atoms with Gasteiger partial charge in [-0.3, -0.25) is 0 Å². The van der Waals surface area contributed by atoms with E-state index in [0.29, 0.717) is 12.5 Å². The van der Waals surface area contributed by atoms with E-state index in [0.717, 1.165) is 6.42 Å². The second-order valence-electron chi connectivity index (χ2n) is 2.44. The highest BCUT2D eigenvalue weighted by atomic mass is 17.2. The predicted octanol–water partition coefficient (Wildman–Crippen LogP) is 1.88. The summed E-state index contributed by atoms with van der Waals surface area (Å²) in [6.45, 7) is 2.87. The second-order valence-corrected chi connectivity index (χ2v) is 2.44. The van der Waals surface area contributed by atoms with Crippen molar-refractivity contribution in [1.29, 1.82) is 0 Å². The Balaban J connectivity index is 2.27. The molecule has 1 rings (SSSR count). The smallest absolute Gasteiger partial charge is 0.125 e. The van der Waals surface area contributed by atoms with E-state index in [4.69, 9.17) is 4.89 Å². The van der Waals surface area contributed by atoms with Gasteiger partial charge in [0.05, 0.1) is 6.61 Å².